The second-order valence-electron chi connectivity index (χ2n) is 12.6. The van der Waals surface area contributed by atoms with Crippen molar-refractivity contribution in [1.82, 2.24) is 0 Å². The summed E-state index contributed by atoms with van der Waals surface area (Å²) in [5, 5.41) is 12.9. The van der Waals surface area contributed by atoms with E-state index in [2.05, 4.69) is 39.8 Å². The van der Waals surface area contributed by atoms with Crippen LogP contribution < -0.4 is 0 Å². The van der Waals surface area contributed by atoms with Crippen molar-refractivity contribution in [2.45, 2.75) is 112 Å². The van der Waals surface area contributed by atoms with Crippen LogP contribution in [-0.2, 0) is 0 Å². The highest BCUT2D eigenvalue weighted by Gasteiger charge is 2.60. The molecule has 0 bridgehead atoms. The van der Waals surface area contributed by atoms with E-state index in [0.717, 1.165) is 60.0 Å². The Balaban J connectivity index is 1.46. The van der Waals surface area contributed by atoms with Crippen molar-refractivity contribution in [2.75, 3.05) is 0 Å². The van der Waals surface area contributed by atoms with Gasteiger partial charge in [0.05, 0.1) is 5.71 Å². The average molecular weight is 402 g/mol. The van der Waals surface area contributed by atoms with Crippen LogP contribution in [0.5, 0.6) is 0 Å². The number of hydrogen-bond donors (Lipinski definition) is 1. The summed E-state index contributed by atoms with van der Waals surface area (Å²) in [5.74, 6) is 6.36. The summed E-state index contributed by atoms with van der Waals surface area (Å²) >= 11 is 0. The molecule has 0 unspecified atom stereocenters. The molecular weight excluding hydrogens is 354 g/mol. The molecule has 0 radical (unpaired) electrons. The third-order valence-corrected chi connectivity index (χ3v) is 10.8. The quantitative estimate of drug-likeness (QED) is 0.368. The monoisotopic (exact) mass is 401 g/mol. The van der Waals surface area contributed by atoms with Gasteiger partial charge in [0.25, 0.3) is 0 Å². The molecule has 0 spiro atoms. The summed E-state index contributed by atoms with van der Waals surface area (Å²) in [6, 6.07) is 0. The summed E-state index contributed by atoms with van der Waals surface area (Å²) in [6.45, 7) is 12.6. The zero-order chi connectivity index (χ0) is 20.8. The molecule has 0 aliphatic heterocycles. The topological polar surface area (TPSA) is 32.6 Å². The molecule has 4 aliphatic carbocycles. The summed E-state index contributed by atoms with van der Waals surface area (Å²) in [6.07, 6.45) is 16.4. The molecular formula is C27H47NO. The van der Waals surface area contributed by atoms with Gasteiger partial charge in [0.15, 0.2) is 0 Å². The van der Waals surface area contributed by atoms with Crippen molar-refractivity contribution in [3.8, 4) is 0 Å². The number of hydrogen-bond acceptors (Lipinski definition) is 2. The predicted octanol–water partition coefficient (Wildman–Crippen LogP) is 7.94. The largest absolute Gasteiger partial charge is 0.411 e. The number of oxime groups is 1. The molecule has 2 heteroatoms. The van der Waals surface area contributed by atoms with Crippen LogP contribution in [0.25, 0.3) is 0 Å². The Morgan fingerprint density at radius 1 is 0.931 bits per heavy atom. The van der Waals surface area contributed by atoms with E-state index in [1.807, 2.05) is 0 Å². The van der Waals surface area contributed by atoms with E-state index in [0.29, 0.717) is 10.8 Å². The normalized spacial score (nSPS) is 47.0. The first-order valence-electron chi connectivity index (χ1n) is 13.0. The molecule has 4 rings (SSSR count). The molecule has 0 saturated heterocycles. The molecule has 4 saturated carbocycles. The fraction of sp³-hybridized carbons (Fsp3) is 0.963. The van der Waals surface area contributed by atoms with Crippen molar-refractivity contribution >= 4 is 5.71 Å². The fourth-order valence-electron chi connectivity index (χ4n) is 9.18. The fourth-order valence-corrected chi connectivity index (χ4v) is 9.18. The lowest BCUT2D eigenvalue weighted by atomic mass is 9.44. The maximum atomic E-state index is 9.32. The second-order valence-corrected chi connectivity index (χ2v) is 12.6. The standard InChI is InChI=1S/C27H47NO/c1-18(2)7-6-8-19(3)23-11-12-24-22-10-9-20-17-21(28-29)13-15-26(20,4)25(22)14-16-27(23,24)5/h18-20,22-25,29H,6-17H2,1-5H3/b28-21-/t19-,20+,22+,23+,24-,25-,26+,27-/m1/s1. The lowest BCUT2D eigenvalue weighted by Gasteiger charge is -2.60. The Morgan fingerprint density at radius 3 is 2.41 bits per heavy atom. The van der Waals surface area contributed by atoms with Crippen molar-refractivity contribution in [3.63, 3.8) is 0 Å². The molecule has 0 aromatic rings. The van der Waals surface area contributed by atoms with Crippen LogP contribution in [-0.4, -0.2) is 10.9 Å². The minimum absolute atomic E-state index is 0.499. The van der Waals surface area contributed by atoms with Crippen LogP contribution in [0.1, 0.15) is 112 Å². The highest BCUT2D eigenvalue weighted by Crippen LogP contribution is 2.68. The van der Waals surface area contributed by atoms with Crippen LogP contribution in [0, 0.1) is 52.3 Å². The SMILES string of the molecule is CC(C)CCC[C@@H](C)[C@@H]1CC[C@@H]2[C@@H]3CC[C@H]4C/C(=N\O)CC[C@]4(C)[C@@H]3CC[C@@]21C. The molecule has 4 fully saturated rings. The van der Waals surface area contributed by atoms with Gasteiger partial charge in [0.1, 0.15) is 0 Å². The van der Waals surface area contributed by atoms with E-state index in [9.17, 15) is 5.21 Å². The Kier molecular flexibility index (Phi) is 6.13. The van der Waals surface area contributed by atoms with Crippen LogP contribution in [0.15, 0.2) is 5.16 Å². The highest BCUT2D eigenvalue weighted by atomic mass is 16.4. The van der Waals surface area contributed by atoms with Crippen LogP contribution in [0.2, 0.25) is 0 Å². The average Bonchev–Trinajstić information content (AvgIpc) is 3.04. The van der Waals surface area contributed by atoms with Crippen LogP contribution >= 0.6 is 0 Å². The molecule has 166 valence electrons. The van der Waals surface area contributed by atoms with Crippen molar-refractivity contribution < 1.29 is 5.21 Å². The Bertz CT molecular complexity index is 612. The highest BCUT2D eigenvalue weighted by molar-refractivity contribution is 5.85. The molecule has 29 heavy (non-hydrogen) atoms. The maximum absolute atomic E-state index is 9.32. The molecule has 0 aromatic carbocycles. The van der Waals surface area contributed by atoms with E-state index in [4.69, 9.17) is 0 Å². The summed E-state index contributed by atoms with van der Waals surface area (Å²) in [5.41, 5.74) is 2.18. The van der Waals surface area contributed by atoms with Gasteiger partial charge in [0.2, 0.25) is 0 Å². The van der Waals surface area contributed by atoms with Gasteiger partial charge >= 0.3 is 0 Å². The first-order valence-corrected chi connectivity index (χ1v) is 13.0. The van der Waals surface area contributed by atoms with Gasteiger partial charge in [-0.25, -0.2) is 0 Å². The molecule has 8 atom stereocenters. The molecule has 1 N–H and O–H groups in total. The predicted molar refractivity (Wildman–Crippen MR) is 122 cm³/mol. The summed E-state index contributed by atoms with van der Waals surface area (Å²) in [4.78, 5) is 0. The van der Waals surface area contributed by atoms with E-state index >= 15 is 0 Å². The molecule has 2 nitrogen and oxygen atoms in total. The summed E-state index contributed by atoms with van der Waals surface area (Å²) < 4.78 is 0. The number of rotatable bonds is 5. The lowest BCUT2D eigenvalue weighted by Crippen LogP contribution is -2.53. The minimum Gasteiger partial charge on any atom is -0.411 e. The maximum Gasteiger partial charge on any atom is 0.0574 e. The molecule has 0 aromatic heterocycles. The number of nitrogens with zero attached hydrogens (tertiary/aromatic N) is 1. The van der Waals surface area contributed by atoms with Crippen molar-refractivity contribution in [1.29, 1.82) is 0 Å². The van der Waals surface area contributed by atoms with E-state index in [1.54, 1.807) is 0 Å². The second kappa shape index (κ2) is 8.19. The first kappa shape index (κ1) is 21.7. The third kappa shape index (κ3) is 3.69. The summed E-state index contributed by atoms with van der Waals surface area (Å²) in [7, 11) is 0. The van der Waals surface area contributed by atoms with Gasteiger partial charge in [-0.15, -0.1) is 0 Å². The van der Waals surface area contributed by atoms with Gasteiger partial charge in [0, 0.05) is 0 Å². The van der Waals surface area contributed by atoms with Gasteiger partial charge in [-0.2, -0.15) is 0 Å². The smallest absolute Gasteiger partial charge is 0.0574 e. The molecule has 0 amide bonds. The van der Waals surface area contributed by atoms with E-state index < -0.39 is 0 Å². The van der Waals surface area contributed by atoms with Crippen molar-refractivity contribution in [3.05, 3.63) is 0 Å². The molecule has 4 aliphatic rings. The van der Waals surface area contributed by atoms with E-state index in [1.165, 1.54) is 64.2 Å². The Hall–Kier alpha value is -0.530. The Morgan fingerprint density at radius 2 is 1.69 bits per heavy atom. The van der Waals surface area contributed by atoms with Gasteiger partial charge < -0.3 is 5.21 Å². The molecule has 0 heterocycles. The number of fused-ring (bicyclic) bond motifs is 5. The zero-order valence-corrected chi connectivity index (χ0v) is 19.9. The lowest BCUT2D eigenvalue weighted by molar-refractivity contribution is -0.105. The van der Waals surface area contributed by atoms with Gasteiger partial charge in [-0.3, -0.25) is 0 Å². The first-order chi connectivity index (χ1) is 13.8. The third-order valence-electron chi connectivity index (χ3n) is 10.8. The van der Waals surface area contributed by atoms with Gasteiger partial charge in [-0.1, -0.05) is 59.0 Å². The Labute approximate surface area is 180 Å². The van der Waals surface area contributed by atoms with Crippen LogP contribution in [0.4, 0.5) is 0 Å². The minimum atomic E-state index is 0.499. The van der Waals surface area contributed by atoms with Crippen molar-refractivity contribution in [2.24, 2.45) is 57.4 Å². The van der Waals surface area contributed by atoms with Gasteiger partial charge in [-0.05, 0) is 110 Å². The van der Waals surface area contributed by atoms with E-state index in [-0.39, 0.29) is 0 Å². The van der Waals surface area contributed by atoms with Crippen LogP contribution in [0.3, 0.4) is 0 Å². The zero-order valence-electron chi connectivity index (χ0n) is 19.9.